The lowest BCUT2D eigenvalue weighted by molar-refractivity contribution is 0.196. The van der Waals surface area contributed by atoms with Crippen LogP contribution in [-0.4, -0.2) is 6.04 Å². The second kappa shape index (κ2) is 5.83. The van der Waals surface area contributed by atoms with Crippen LogP contribution in [0.25, 0.3) is 0 Å². The molecule has 2 heteroatoms. The molecule has 2 unspecified atom stereocenters. The molecule has 0 aliphatic heterocycles. The molecule has 100 valence electrons. The van der Waals surface area contributed by atoms with E-state index in [1.54, 1.807) is 12.1 Å². The summed E-state index contributed by atoms with van der Waals surface area (Å²) in [6.45, 7) is 6.84. The Labute approximate surface area is 110 Å². The molecule has 0 aromatic heterocycles. The highest BCUT2D eigenvalue weighted by Gasteiger charge is 2.28. The van der Waals surface area contributed by atoms with E-state index < -0.39 is 0 Å². The molecule has 0 heterocycles. The Balaban J connectivity index is 2.01. The molecule has 0 bridgehead atoms. The van der Waals surface area contributed by atoms with Gasteiger partial charge in [0.15, 0.2) is 0 Å². The molecule has 1 saturated carbocycles. The number of hydrogen-bond donors (Lipinski definition) is 1. The Hall–Kier alpha value is -0.890. The Bertz CT molecular complexity index is 363. The summed E-state index contributed by atoms with van der Waals surface area (Å²) in [5.41, 5.74) is 1.17. The van der Waals surface area contributed by atoms with E-state index in [4.69, 9.17) is 0 Å². The van der Waals surface area contributed by atoms with Crippen LogP contribution in [0.1, 0.15) is 51.6 Å². The molecule has 1 N–H and O–H groups in total. The smallest absolute Gasteiger partial charge is 0.123 e. The zero-order valence-electron chi connectivity index (χ0n) is 11.6. The number of nitrogens with one attached hydrogen (secondary N) is 1. The van der Waals surface area contributed by atoms with Gasteiger partial charge in [0.1, 0.15) is 5.82 Å². The minimum Gasteiger partial charge on any atom is -0.307 e. The highest BCUT2D eigenvalue weighted by molar-refractivity contribution is 5.19. The minimum absolute atomic E-state index is 0.162. The maximum absolute atomic E-state index is 12.9. The first-order chi connectivity index (χ1) is 8.58. The molecule has 1 aromatic carbocycles. The minimum atomic E-state index is -0.162. The average molecular weight is 249 g/mol. The first-order valence-electron chi connectivity index (χ1n) is 7.09. The summed E-state index contributed by atoms with van der Waals surface area (Å²) in [5, 5.41) is 3.73. The van der Waals surface area contributed by atoms with Crippen LogP contribution < -0.4 is 5.32 Å². The fourth-order valence-electron chi connectivity index (χ4n) is 3.15. The molecule has 0 radical (unpaired) electrons. The van der Waals surface area contributed by atoms with Crippen LogP contribution in [0.2, 0.25) is 0 Å². The van der Waals surface area contributed by atoms with E-state index in [1.165, 1.54) is 24.8 Å². The molecule has 0 spiro atoms. The van der Waals surface area contributed by atoms with Crippen molar-refractivity contribution in [3.63, 3.8) is 0 Å². The van der Waals surface area contributed by atoms with Crippen LogP contribution in [0.3, 0.4) is 0 Å². The Morgan fingerprint density at radius 3 is 2.22 bits per heavy atom. The first kappa shape index (κ1) is 13.5. The topological polar surface area (TPSA) is 12.0 Å². The number of benzene rings is 1. The summed E-state index contributed by atoms with van der Waals surface area (Å²) in [4.78, 5) is 0. The average Bonchev–Trinajstić information content (AvgIpc) is 2.34. The van der Waals surface area contributed by atoms with Crippen molar-refractivity contribution in [3.8, 4) is 0 Å². The third-order valence-corrected chi connectivity index (χ3v) is 4.36. The summed E-state index contributed by atoms with van der Waals surface area (Å²) in [7, 11) is 0. The van der Waals surface area contributed by atoms with Gasteiger partial charge in [-0.25, -0.2) is 4.39 Å². The number of hydrogen-bond acceptors (Lipinski definition) is 1. The summed E-state index contributed by atoms with van der Waals surface area (Å²) in [6.07, 6.45) is 3.99. The first-order valence-corrected chi connectivity index (χ1v) is 7.09. The lowest BCUT2D eigenvalue weighted by Crippen LogP contribution is -2.43. The van der Waals surface area contributed by atoms with Gasteiger partial charge >= 0.3 is 0 Å². The normalized spacial score (nSPS) is 30.1. The summed E-state index contributed by atoms with van der Waals surface area (Å²) in [5.74, 6) is 1.30. The molecule has 1 fully saturated rings. The fourth-order valence-corrected chi connectivity index (χ4v) is 3.15. The Kier molecular flexibility index (Phi) is 4.39. The van der Waals surface area contributed by atoms with Crippen LogP contribution in [-0.2, 0) is 0 Å². The lowest BCUT2D eigenvalue weighted by atomic mass is 9.78. The van der Waals surface area contributed by atoms with Gasteiger partial charge < -0.3 is 5.32 Å². The van der Waals surface area contributed by atoms with Crippen molar-refractivity contribution in [2.75, 3.05) is 0 Å². The fraction of sp³-hybridized carbons (Fsp3) is 0.625. The molecule has 1 nitrogen and oxygen atoms in total. The second-order valence-electron chi connectivity index (χ2n) is 5.85. The van der Waals surface area contributed by atoms with Crippen molar-refractivity contribution >= 4 is 0 Å². The third-order valence-electron chi connectivity index (χ3n) is 4.36. The van der Waals surface area contributed by atoms with Crippen molar-refractivity contribution in [2.45, 2.75) is 52.1 Å². The predicted molar refractivity (Wildman–Crippen MR) is 73.9 cm³/mol. The van der Waals surface area contributed by atoms with Crippen molar-refractivity contribution in [3.05, 3.63) is 35.6 Å². The second-order valence-corrected chi connectivity index (χ2v) is 5.85. The van der Waals surface area contributed by atoms with E-state index in [1.807, 2.05) is 12.1 Å². The number of halogens is 1. The molecule has 0 amide bonds. The zero-order chi connectivity index (χ0) is 13.1. The molecule has 1 aliphatic rings. The van der Waals surface area contributed by atoms with Gasteiger partial charge in [-0.1, -0.05) is 32.4 Å². The van der Waals surface area contributed by atoms with Crippen molar-refractivity contribution in [1.29, 1.82) is 0 Å². The monoisotopic (exact) mass is 249 g/mol. The van der Waals surface area contributed by atoms with Crippen LogP contribution in [0, 0.1) is 17.7 Å². The van der Waals surface area contributed by atoms with Crippen molar-refractivity contribution < 1.29 is 4.39 Å². The van der Waals surface area contributed by atoms with Gasteiger partial charge in [-0.05, 0) is 49.3 Å². The van der Waals surface area contributed by atoms with Crippen LogP contribution in [0.15, 0.2) is 24.3 Å². The van der Waals surface area contributed by atoms with Gasteiger partial charge in [-0.15, -0.1) is 0 Å². The Morgan fingerprint density at radius 2 is 1.67 bits per heavy atom. The van der Waals surface area contributed by atoms with E-state index in [9.17, 15) is 4.39 Å². The van der Waals surface area contributed by atoms with Gasteiger partial charge in [-0.2, -0.15) is 0 Å². The summed E-state index contributed by atoms with van der Waals surface area (Å²) >= 11 is 0. The van der Waals surface area contributed by atoms with Gasteiger partial charge in [0.05, 0.1) is 0 Å². The van der Waals surface area contributed by atoms with Gasteiger partial charge in [0.2, 0.25) is 0 Å². The molecule has 1 aromatic rings. The van der Waals surface area contributed by atoms with Crippen molar-refractivity contribution in [1.82, 2.24) is 5.32 Å². The molecule has 2 rings (SSSR count). The third kappa shape index (κ3) is 3.11. The van der Waals surface area contributed by atoms with Gasteiger partial charge in [0.25, 0.3) is 0 Å². The maximum Gasteiger partial charge on any atom is 0.123 e. The largest absolute Gasteiger partial charge is 0.307 e. The van der Waals surface area contributed by atoms with E-state index in [2.05, 4.69) is 26.1 Å². The standard InChI is InChI=1S/C16H24FN/c1-11-5-4-6-12(2)16(11)18-13(3)14-7-9-15(17)10-8-14/h7-13,16,18H,4-6H2,1-3H3/t11?,12?,13-,16?/m0/s1. The zero-order valence-corrected chi connectivity index (χ0v) is 11.6. The molecule has 18 heavy (non-hydrogen) atoms. The molecule has 1 aliphatic carbocycles. The molecule has 3 atom stereocenters. The Morgan fingerprint density at radius 1 is 1.11 bits per heavy atom. The SMILES string of the molecule is CC1CCCC(C)C1N[C@@H](C)c1ccc(F)cc1. The maximum atomic E-state index is 12.9. The number of rotatable bonds is 3. The van der Waals surface area contributed by atoms with E-state index in [0.717, 1.165) is 11.8 Å². The van der Waals surface area contributed by atoms with E-state index >= 15 is 0 Å². The quantitative estimate of drug-likeness (QED) is 0.842. The highest BCUT2D eigenvalue weighted by atomic mass is 19.1. The van der Waals surface area contributed by atoms with Crippen LogP contribution >= 0.6 is 0 Å². The highest BCUT2D eigenvalue weighted by Crippen LogP contribution is 2.30. The van der Waals surface area contributed by atoms with E-state index in [-0.39, 0.29) is 5.82 Å². The van der Waals surface area contributed by atoms with E-state index in [0.29, 0.717) is 12.1 Å². The predicted octanol–water partition coefficient (Wildman–Crippen LogP) is 4.30. The van der Waals surface area contributed by atoms with Gasteiger partial charge in [-0.3, -0.25) is 0 Å². The van der Waals surface area contributed by atoms with Gasteiger partial charge in [0, 0.05) is 12.1 Å². The summed E-state index contributed by atoms with van der Waals surface area (Å²) < 4.78 is 12.9. The van der Waals surface area contributed by atoms with Crippen LogP contribution in [0.5, 0.6) is 0 Å². The molecular formula is C16H24FN. The molecular weight excluding hydrogens is 225 g/mol. The van der Waals surface area contributed by atoms with Crippen LogP contribution in [0.4, 0.5) is 4.39 Å². The summed E-state index contributed by atoms with van der Waals surface area (Å²) in [6, 6.07) is 7.72. The lowest BCUT2D eigenvalue weighted by Gasteiger charge is -2.37. The molecule has 0 saturated heterocycles. The van der Waals surface area contributed by atoms with Crippen molar-refractivity contribution in [2.24, 2.45) is 11.8 Å².